The Labute approximate surface area is 197 Å². The molecule has 3 rings (SSSR count). The number of nitrogens with one attached hydrogen (secondary N) is 1. The molecule has 0 bridgehead atoms. The van der Waals surface area contributed by atoms with Crippen LogP contribution in [0.5, 0.6) is 11.5 Å². The highest BCUT2D eigenvalue weighted by Gasteiger charge is 2.28. The number of aryl methyl sites for hydroxylation is 1. The fraction of sp³-hybridized carbons (Fsp3) is 0.217. The number of hydrogen-bond donors (Lipinski definition) is 1. The Morgan fingerprint density at radius 1 is 1.06 bits per heavy atom. The number of methoxy groups -OCH3 is 2. The average molecular weight is 488 g/mol. The summed E-state index contributed by atoms with van der Waals surface area (Å²) in [6.45, 7) is 3.15. The highest BCUT2D eigenvalue weighted by molar-refractivity contribution is 7.92. The lowest BCUT2D eigenvalue weighted by Crippen LogP contribution is -2.39. The molecule has 0 saturated heterocycles. The zero-order valence-electron chi connectivity index (χ0n) is 18.7. The number of rotatable bonds is 9. The van der Waals surface area contributed by atoms with Crippen molar-refractivity contribution in [3.63, 3.8) is 0 Å². The van der Waals surface area contributed by atoms with Crippen LogP contribution in [0.25, 0.3) is 0 Å². The van der Waals surface area contributed by atoms with E-state index in [-0.39, 0.29) is 10.6 Å². The molecule has 174 valence electrons. The summed E-state index contributed by atoms with van der Waals surface area (Å²) < 4.78 is 38.6. The molecule has 0 saturated carbocycles. The van der Waals surface area contributed by atoms with Gasteiger partial charge in [0.05, 0.1) is 30.5 Å². The normalized spacial score (nSPS) is 11.7. The van der Waals surface area contributed by atoms with Gasteiger partial charge < -0.3 is 9.47 Å². The molecule has 1 amide bonds. The molecule has 33 heavy (non-hydrogen) atoms. The first-order valence-corrected chi connectivity index (χ1v) is 12.3. The minimum Gasteiger partial charge on any atom is -0.493 e. The molecule has 10 heteroatoms. The summed E-state index contributed by atoms with van der Waals surface area (Å²) in [7, 11) is -1.12. The first-order valence-electron chi connectivity index (χ1n) is 9.94. The quantitative estimate of drug-likeness (QED) is 0.366. The van der Waals surface area contributed by atoms with Crippen LogP contribution in [0.4, 0.5) is 5.69 Å². The monoisotopic (exact) mass is 487 g/mol. The summed E-state index contributed by atoms with van der Waals surface area (Å²) in [6, 6.07) is 14.8. The second-order valence-corrected chi connectivity index (χ2v) is 9.88. The third-order valence-corrected chi connectivity index (χ3v) is 7.54. The molecule has 1 N–H and O–H groups in total. The van der Waals surface area contributed by atoms with Crippen LogP contribution in [0.3, 0.4) is 0 Å². The van der Waals surface area contributed by atoms with Crippen LogP contribution in [0.1, 0.15) is 17.4 Å². The predicted molar refractivity (Wildman–Crippen MR) is 130 cm³/mol. The Bertz CT molecular complexity index is 1240. The molecular weight excluding hydrogens is 462 g/mol. The van der Waals surface area contributed by atoms with Crippen molar-refractivity contribution < 1.29 is 22.7 Å². The van der Waals surface area contributed by atoms with Crippen LogP contribution in [0.2, 0.25) is 0 Å². The van der Waals surface area contributed by atoms with E-state index >= 15 is 0 Å². The van der Waals surface area contributed by atoms with Crippen LogP contribution in [-0.2, 0) is 14.8 Å². The smallest absolute Gasteiger partial charge is 0.264 e. The maximum absolute atomic E-state index is 13.5. The van der Waals surface area contributed by atoms with Gasteiger partial charge in [-0.05, 0) is 49.6 Å². The topological polar surface area (TPSA) is 97.3 Å². The lowest BCUT2D eigenvalue weighted by atomic mass is 10.2. The molecule has 8 nitrogen and oxygen atoms in total. The van der Waals surface area contributed by atoms with Gasteiger partial charge in [-0.1, -0.05) is 23.8 Å². The first kappa shape index (κ1) is 24.3. The number of nitrogens with zero attached hydrogens (tertiary/aromatic N) is 2. The van der Waals surface area contributed by atoms with Gasteiger partial charge in [-0.3, -0.25) is 9.10 Å². The number of carbonyl (C=O) groups excluding carboxylic acids is 1. The predicted octanol–water partition coefficient (Wildman–Crippen LogP) is 3.81. The van der Waals surface area contributed by atoms with Gasteiger partial charge in [-0.2, -0.15) is 5.10 Å². The van der Waals surface area contributed by atoms with Gasteiger partial charge in [0.1, 0.15) is 6.54 Å². The molecule has 0 unspecified atom stereocenters. The summed E-state index contributed by atoms with van der Waals surface area (Å²) in [5.41, 5.74) is 4.24. The highest BCUT2D eigenvalue weighted by Crippen LogP contribution is 2.33. The second kappa shape index (κ2) is 10.5. The molecule has 0 radical (unpaired) electrons. The first-order chi connectivity index (χ1) is 15.8. The van der Waals surface area contributed by atoms with Crippen molar-refractivity contribution in [2.24, 2.45) is 5.10 Å². The third-order valence-electron chi connectivity index (χ3n) is 4.78. The number of thiophene rings is 1. The number of ether oxygens (including phenoxy) is 2. The zero-order chi connectivity index (χ0) is 24.0. The maximum atomic E-state index is 13.5. The summed E-state index contributed by atoms with van der Waals surface area (Å²) in [4.78, 5) is 13.7. The number of benzene rings is 2. The lowest BCUT2D eigenvalue weighted by Gasteiger charge is -2.24. The SMILES string of the molecule is COc1ccc(N(CC(=O)N/N=C(\C)c2cccs2)S(=O)(=O)c2ccc(C)cc2)cc1OC. The molecule has 0 aliphatic rings. The molecule has 0 atom stereocenters. The summed E-state index contributed by atoms with van der Waals surface area (Å²) in [6.07, 6.45) is 0. The molecule has 0 fully saturated rings. The van der Waals surface area contributed by atoms with E-state index in [1.165, 1.54) is 43.8 Å². The Hall–Kier alpha value is -3.37. The highest BCUT2D eigenvalue weighted by atomic mass is 32.2. The Morgan fingerprint density at radius 2 is 1.76 bits per heavy atom. The third kappa shape index (κ3) is 5.71. The summed E-state index contributed by atoms with van der Waals surface area (Å²) in [5, 5.41) is 6.01. The van der Waals surface area contributed by atoms with Gasteiger partial charge in [0.2, 0.25) is 0 Å². The lowest BCUT2D eigenvalue weighted by molar-refractivity contribution is -0.119. The minimum atomic E-state index is -4.06. The molecular formula is C23H25N3O5S2. The van der Waals surface area contributed by atoms with Gasteiger partial charge in [-0.15, -0.1) is 11.3 Å². The van der Waals surface area contributed by atoms with E-state index in [1.54, 1.807) is 31.2 Å². The van der Waals surface area contributed by atoms with E-state index in [2.05, 4.69) is 10.5 Å². The fourth-order valence-electron chi connectivity index (χ4n) is 2.98. The maximum Gasteiger partial charge on any atom is 0.264 e. The number of anilines is 1. The zero-order valence-corrected chi connectivity index (χ0v) is 20.4. The van der Waals surface area contributed by atoms with Crippen molar-refractivity contribution in [1.29, 1.82) is 0 Å². The van der Waals surface area contributed by atoms with Gasteiger partial charge >= 0.3 is 0 Å². The van der Waals surface area contributed by atoms with E-state index in [0.29, 0.717) is 17.2 Å². The van der Waals surface area contributed by atoms with Crippen LogP contribution in [0, 0.1) is 6.92 Å². The summed E-state index contributed by atoms with van der Waals surface area (Å²) in [5.74, 6) is 0.192. The number of amides is 1. The van der Waals surface area contributed by atoms with E-state index in [1.807, 2.05) is 24.4 Å². The van der Waals surface area contributed by atoms with E-state index in [4.69, 9.17) is 9.47 Å². The second-order valence-electron chi connectivity index (χ2n) is 7.07. The standard InChI is InChI=1S/C23H25N3O5S2/c1-16-7-10-19(11-8-16)33(28,29)26(18-9-12-20(30-3)21(14-18)31-4)15-23(27)25-24-17(2)22-6-5-13-32-22/h5-14H,15H2,1-4H3,(H,25,27)/b24-17+. The van der Waals surface area contributed by atoms with E-state index < -0.39 is 22.5 Å². The number of hydrogen-bond acceptors (Lipinski definition) is 7. The van der Waals surface area contributed by atoms with Crippen LogP contribution in [0.15, 0.2) is 70.0 Å². The number of hydrazone groups is 1. The molecule has 1 heterocycles. The van der Waals surface area contributed by atoms with Crippen molar-refractivity contribution in [1.82, 2.24) is 5.43 Å². The van der Waals surface area contributed by atoms with Crippen molar-refractivity contribution in [3.8, 4) is 11.5 Å². The molecule has 3 aromatic rings. The van der Waals surface area contributed by atoms with Crippen LogP contribution in [-0.4, -0.2) is 40.8 Å². The van der Waals surface area contributed by atoms with Crippen LogP contribution < -0.4 is 19.2 Å². The Balaban J connectivity index is 1.96. The van der Waals surface area contributed by atoms with Gasteiger partial charge in [-0.25, -0.2) is 13.8 Å². The van der Waals surface area contributed by atoms with Gasteiger partial charge in [0.25, 0.3) is 15.9 Å². The van der Waals surface area contributed by atoms with Crippen molar-refractivity contribution >= 4 is 38.7 Å². The largest absolute Gasteiger partial charge is 0.493 e. The van der Waals surface area contributed by atoms with Crippen molar-refractivity contribution in [3.05, 3.63) is 70.4 Å². The van der Waals surface area contributed by atoms with E-state index in [0.717, 1.165) is 14.7 Å². The van der Waals surface area contributed by atoms with Gasteiger partial charge in [0, 0.05) is 10.9 Å². The Kier molecular flexibility index (Phi) is 7.72. The van der Waals surface area contributed by atoms with E-state index in [9.17, 15) is 13.2 Å². The fourth-order valence-corrected chi connectivity index (χ4v) is 5.07. The summed E-state index contributed by atoms with van der Waals surface area (Å²) >= 11 is 1.49. The molecule has 1 aromatic heterocycles. The number of sulfonamides is 1. The van der Waals surface area contributed by atoms with Crippen molar-refractivity contribution in [2.45, 2.75) is 18.7 Å². The molecule has 0 aliphatic carbocycles. The van der Waals surface area contributed by atoms with Crippen LogP contribution >= 0.6 is 11.3 Å². The van der Waals surface area contributed by atoms with Crippen molar-refractivity contribution in [2.75, 3.05) is 25.1 Å². The average Bonchev–Trinajstić information content (AvgIpc) is 3.36. The molecule has 0 spiro atoms. The molecule has 2 aromatic carbocycles. The van der Waals surface area contributed by atoms with Gasteiger partial charge in [0.15, 0.2) is 11.5 Å². The molecule has 0 aliphatic heterocycles. The Morgan fingerprint density at radius 3 is 2.36 bits per heavy atom. The number of carbonyl (C=O) groups is 1. The minimum absolute atomic E-state index is 0.0638.